The van der Waals surface area contributed by atoms with Gasteiger partial charge < -0.3 is 20.3 Å². The van der Waals surface area contributed by atoms with Crippen LogP contribution < -0.4 is 5.32 Å². The number of ether oxygens (including phenoxy) is 1. The molecule has 0 aromatic heterocycles. The second-order valence-corrected chi connectivity index (χ2v) is 23.9. The van der Waals surface area contributed by atoms with E-state index in [1.165, 1.54) is 295 Å². The van der Waals surface area contributed by atoms with Crippen LogP contribution in [0.2, 0.25) is 0 Å². The van der Waals surface area contributed by atoms with Gasteiger partial charge in [0.25, 0.3) is 0 Å². The van der Waals surface area contributed by atoms with E-state index in [9.17, 15) is 19.8 Å². The first-order chi connectivity index (χ1) is 38.0. The number of nitrogens with one attached hydrogen (secondary N) is 1. The van der Waals surface area contributed by atoms with Crippen LogP contribution in [0.1, 0.15) is 380 Å². The molecule has 0 aliphatic heterocycles. The Balaban J connectivity index is 3.34. The molecule has 77 heavy (non-hydrogen) atoms. The molecule has 454 valence electrons. The van der Waals surface area contributed by atoms with Crippen molar-refractivity contribution in [1.29, 1.82) is 0 Å². The number of aliphatic hydroxyl groups is 2. The summed E-state index contributed by atoms with van der Waals surface area (Å²) in [7, 11) is 0. The molecule has 0 rings (SSSR count). The summed E-state index contributed by atoms with van der Waals surface area (Å²) in [5.41, 5.74) is 0. The van der Waals surface area contributed by atoms with Crippen molar-refractivity contribution >= 4 is 11.9 Å². The molecule has 0 fully saturated rings. The maximum atomic E-state index is 12.5. The van der Waals surface area contributed by atoms with Crippen molar-refractivity contribution in [2.24, 2.45) is 0 Å². The monoisotopic (exact) mass is 1080 g/mol. The Morgan fingerprint density at radius 1 is 0.364 bits per heavy atom. The summed E-state index contributed by atoms with van der Waals surface area (Å²) in [4.78, 5) is 24.6. The van der Waals surface area contributed by atoms with Crippen LogP contribution in [0.3, 0.4) is 0 Å². The van der Waals surface area contributed by atoms with Crippen LogP contribution in [0.4, 0.5) is 0 Å². The molecule has 6 heteroatoms. The summed E-state index contributed by atoms with van der Waals surface area (Å²) >= 11 is 0. The van der Waals surface area contributed by atoms with Gasteiger partial charge in [0.15, 0.2) is 0 Å². The third-order valence-electron chi connectivity index (χ3n) is 16.2. The first-order valence-electron chi connectivity index (χ1n) is 34.7. The van der Waals surface area contributed by atoms with Gasteiger partial charge in [-0.25, -0.2) is 0 Å². The molecule has 3 N–H and O–H groups in total. The topological polar surface area (TPSA) is 95.9 Å². The number of hydrogen-bond acceptors (Lipinski definition) is 5. The van der Waals surface area contributed by atoms with Crippen LogP contribution in [0, 0.1) is 0 Å². The normalized spacial score (nSPS) is 12.7. The van der Waals surface area contributed by atoms with Gasteiger partial charge in [0.05, 0.1) is 25.4 Å². The van der Waals surface area contributed by atoms with E-state index in [2.05, 4.69) is 55.6 Å². The smallest absolute Gasteiger partial charge is 0.305 e. The van der Waals surface area contributed by atoms with E-state index in [0.29, 0.717) is 25.9 Å². The lowest BCUT2D eigenvalue weighted by Crippen LogP contribution is -2.45. The minimum absolute atomic E-state index is 0.0106. The Bertz CT molecular complexity index is 1250. The van der Waals surface area contributed by atoms with Gasteiger partial charge in [-0.05, 0) is 83.5 Å². The summed E-state index contributed by atoms with van der Waals surface area (Å²) in [5, 5.41) is 23.2. The largest absolute Gasteiger partial charge is 0.466 e. The second kappa shape index (κ2) is 66.6. The molecule has 1 amide bonds. The molecule has 6 nitrogen and oxygen atoms in total. The average molecular weight is 1080 g/mol. The van der Waals surface area contributed by atoms with E-state index in [1.54, 1.807) is 0 Å². The number of amides is 1. The zero-order chi connectivity index (χ0) is 55.7. The van der Waals surface area contributed by atoms with E-state index in [-0.39, 0.29) is 18.5 Å². The SMILES string of the molecule is CCCCCC/C=C\C/C=C\CCCCCCCCCC(=O)OCCCCCCCCCCCCCC/C=C\CCCCCCCCCCCCCCCCCC(=O)NC(CO)C(O)CCCCCCCCCCCCC. The summed E-state index contributed by atoms with van der Waals surface area (Å²) in [5.74, 6) is -0.0219. The zero-order valence-electron chi connectivity index (χ0n) is 52.0. The third-order valence-corrected chi connectivity index (χ3v) is 16.2. The maximum absolute atomic E-state index is 12.5. The predicted octanol–water partition coefficient (Wildman–Crippen LogP) is 22.3. The fraction of sp³-hybridized carbons (Fsp3) is 0.887. The van der Waals surface area contributed by atoms with Crippen molar-refractivity contribution in [3.05, 3.63) is 36.5 Å². The summed E-state index contributed by atoms with van der Waals surface area (Å²) in [6.45, 7) is 4.95. The van der Waals surface area contributed by atoms with Gasteiger partial charge in [-0.2, -0.15) is 0 Å². The zero-order valence-corrected chi connectivity index (χ0v) is 52.0. The van der Waals surface area contributed by atoms with Crippen molar-refractivity contribution in [3.63, 3.8) is 0 Å². The highest BCUT2D eigenvalue weighted by Crippen LogP contribution is 2.18. The number of carbonyl (C=O) groups excluding carboxylic acids is 2. The number of esters is 1. The third kappa shape index (κ3) is 63.1. The molecule has 0 aromatic rings. The van der Waals surface area contributed by atoms with Crippen LogP contribution in [-0.4, -0.2) is 47.4 Å². The van der Waals surface area contributed by atoms with Gasteiger partial charge in [0, 0.05) is 12.8 Å². The molecule has 0 spiro atoms. The molecule has 0 heterocycles. The lowest BCUT2D eigenvalue weighted by molar-refractivity contribution is -0.143. The second-order valence-electron chi connectivity index (χ2n) is 23.9. The summed E-state index contributed by atoms with van der Waals surface area (Å²) < 4.78 is 5.50. The van der Waals surface area contributed by atoms with E-state index in [1.807, 2.05) is 0 Å². The Kier molecular flexibility index (Phi) is 64.9. The first-order valence-corrected chi connectivity index (χ1v) is 34.7. The number of aliphatic hydroxyl groups excluding tert-OH is 2. The van der Waals surface area contributed by atoms with Crippen molar-refractivity contribution in [1.82, 2.24) is 5.32 Å². The Morgan fingerprint density at radius 2 is 0.649 bits per heavy atom. The van der Waals surface area contributed by atoms with E-state index in [0.717, 1.165) is 51.4 Å². The minimum Gasteiger partial charge on any atom is -0.466 e. The van der Waals surface area contributed by atoms with Crippen LogP contribution in [0.5, 0.6) is 0 Å². The highest BCUT2D eigenvalue weighted by molar-refractivity contribution is 5.76. The van der Waals surface area contributed by atoms with Gasteiger partial charge >= 0.3 is 5.97 Å². The lowest BCUT2D eigenvalue weighted by atomic mass is 10.0. The Morgan fingerprint density at radius 3 is 1.01 bits per heavy atom. The van der Waals surface area contributed by atoms with E-state index >= 15 is 0 Å². The van der Waals surface area contributed by atoms with E-state index in [4.69, 9.17) is 4.74 Å². The average Bonchev–Trinajstić information content (AvgIpc) is 3.43. The van der Waals surface area contributed by atoms with Crippen molar-refractivity contribution < 1.29 is 24.5 Å². The highest BCUT2D eigenvalue weighted by atomic mass is 16.5. The number of carbonyl (C=O) groups is 2. The number of rotatable bonds is 65. The quantitative estimate of drug-likeness (QED) is 0.0320. The van der Waals surface area contributed by atoms with Crippen molar-refractivity contribution in [2.45, 2.75) is 392 Å². The Hall–Kier alpha value is -1.92. The molecule has 0 aliphatic carbocycles. The fourth-order valence-corrected chi connectivity index (χ4v) is 10.8. The van der Waals surface area contributed by atoms with Crippen LogP contribution in [0.15, 0.2) is 36.5 Å². The van der Waals surface area contributed by atoms with E-state index < -0.39 is 12.1 Å². The van der Waals surface area contributed by atoms with Crippen LogP contribution in [-0.2, 0) is 14.3 Å². The molecule has 0 aliphatic rings. The summed E-state index contributed by atoms with van der Waals surface area (Å²) in [6.07, 6.45) is 84.8. The molecule has 0 saturated heterocycles. The lowest BCUT2D eigenvalue weighted by Gasteiger charge is -2.22. The molecule has 0 saturated carbocycles. The van der Waals surface area contributed by atoms with Crippen LogP contribution >= 0.6 is 0 Å². The van der Waals surface area contributed by atoms with Gasteiger partial charge in [-0.3, -0.25) is 9.59 Å². The highest BCUT2D eigenvalue weighted by Gasteiger charge is 2.20. The molecular weight excluding hydrogens is 947 g/mol. The molecule has 0 aromatic carbocycles. The van der Waals surface area contributed by atoms with Gasteiger partial charge in [-0.15, -0.1) is 0 Å². The van der Waals surface area contributed by atoms with Crippen molar-refractivity contribution in [3.8, 4) is 0 Å². The summed E-state index contributed by atoms with van der Waals surface area (Å²) in [6, 6.07) is -0.538. The molecule has 2 unspecified atom stereocenters. The number of hydrogen-bond donors (Lipinski definition) is 3. The Labute approximate surface area is 481 Å². The number of unbranched alkanes of at least 4 members (excludes halogenated alkanes) is 48. The predicted molar refractivity (Wildman–Crippen MR) is 338 cm³/mol. The van der Waals surface area contributed by atoms with Gasteiger partial charge in [0.1, 0.15) is 0 Å². The maximum Gasteiger partial charge on any atom is 0.305 e. The first kappa shape index (κ1) is 75.1. The molecule has 0 bridgehead atoms. The fourth-order valence-electron chi connectivity index (χ4n) is 10.8. The number of allylic oxidation sites excluding steroid dienone is 6. The van der Waals surface area contributed by atoms with Gasteiger partial charge in [-0.1, -0.05) is 320 Å². The molecular formula is C71H135NO5. The van der Waals surface area contributed by atoms with Gasteiger partial charge in [0.2, 0.25) is 5.91 Å². The molecule has 2 atom stereocenters. The van der Waals surface area contributed by atoms with Crippen LogP contribution in [0.25, 0.3) is 0 Å². The minimum atomic E-state index is -0.661. The van der Waals surface area contributed by atoms with Crippen molar-refractivity contribution in [2.75, 3.05) is 13.2 Å². The molecule has 0 radical (unpaired) electrons. The standard InChI is InChI=1S/C71H135NO5/c1-3-5-7-9-11-13-15-16-17-18-35-38-41-45-49-53-57-61-65-71(76)77-66-62-58-54-50-46-42-39-36-33-31-29-27-25-23-21-19-20-22-24-26-28-30-32-34-37-40-44-48-52-56-60-64-70(75)72-68(67-73)69(74)63-59-55-51-47-43-14-12-10-8-6-4-2/h13,15,17-18,21,23,68-69,73-74H,3-12,14,16,19-20,22,24-67H2,1-2H3,(H,72,75)/b15-13-,18-17-,23-21-.